The lowest BCUT2D eigenvalue weighted by Crippen LogP contribution is -2.56. The summed E-state index contributed by atoms with van der Waals surface area (Å²) in [6, 6.07) is 27.6. The summed E-state index contributed by atoms with van der Waals surface area (Å²) in [5.41, 5.74) is 2.82. The van der Waals surface area contributed by atoms with Crippen LogP contribution in [0.1, 0.15) is 44.6 Å². The van der Waals surface area contributed by atoms with Crippen LogP contribution < -0.4 is 0 Å². The Hall–Kier alpha value is -3.62. The molecular weight excluding hydrogens is 566 g/mol. The Morgan fingerprint density at radius 1 is 0.952 bits per heavy atom. The molecule has 2 amide bonds. The fourth-order valence-corrected chi connectivity index (χ4v) is 6.60. The monoisotopic (exact) mass is 601 g/mol. The molecule has 0 spiro atoms. The molecule has 1 aliphatic rings. The number of hydrogen-bond acceptors (Lipinski definition) is 5. The van der Waals surface area contributed by atoms with Gasteiger partial charge in [-0.15, -0.1) is 10.2 Å². The number of benzene rings is 3. The molecule has 2 heterocycles. The lowest BCUT2D eigenvalue weighted by molar-refractivity contribution is -0.143. The normalized spacial score (nSPS) is 15.9. The Kier molecular flexibility index (Phi) is 9.97. The van der Waals surface area contributed by atoms with E-state index in [9.17, 15) is 9.59 Å². The van der Waals surface area contributed by atoms with Gasteiger partial charge in [-0.1, -0.05) is 91.0 Å². The van der Waals surface area contributed by atoms with E-state index in [1.165, 1.54) is 0 Å². The maximum atomic E-state index is 13.4. The molecular formula is C33H36ClN5O2S. The quantitative estimate of drug-likeness (QED) is 0.149. The van der Waals surface area contributed by atoms with Gasteiger partial charge >= 0.3 is 0 Å². The fourth-order valence-electron chi connectivity index (χ4n) is 5.49. The summed E-state index contributed by atoms with van der Waals surface area (Å²) in [6.07, 6.45) is 1.92. The van der Waals surface area contributed by atoms with Crippen molar-refractivity contribution in [1.82, 2.24) is 24.6 Å². The van der Waals surface area contributed by atoms with Crippen molar-refractivity contribution in [3.8, 4) is 17.1 Å². The zero-order valence-corrected chi connectivity index (χ0v) is 25.6. The highest BCUT2D eigenvalue weighted by Gasteiger charge is 2.33. The molecule has 9 heteroatoms. The second-order valence-corrected chi connectivity index (χ2v) is 12.0. The van der Waals surface area contributed by atoms with Crippen LogP contribution in [0.4, 0.5) is 0 Å². The second-order valence-electron chi connectivity index (χ2n) is 10.5. The van der Waals surface area contributed by atoms with Gasteiger partial charge in [-0.3, -0.25) is 14.2 Å². The van der Waals surface area contributed by atoms with Gasteiger partial charge < -0.3 is 9.80 Å². The number of carbonyl (C=O) groups excluding carboxylic acids is 2. The summed E-state index contributed by atoms with van der Waals surface area (Å²) in [6.45, 7) is 5.79. The molecule has 218 valence electrons. The van der Waals surface area contributed by atoms with Crippen LogP contribution in [-0.2, 0) is 9.59 Å². The van der Waals surface area contributed by atoms with Crippen molar-refractivity contribution in [1.29, 1.82) is 0 Å². The van der Waals surface area contributed by atoms with Gasteiger partial charge in [0.25, 0.3) is 0 Å². The van der Waals surface area contributed by atoms with Gasteiger partial charge in [0.05, 0.1) is 10.9 Å². The van der Waals surface area contributed by atoms with Crippen LogP contribution in [0.25, 0.3) is 17.1 Å². The van der Waals surface area contributed by atoms with Crippen LogP contribution in [0.3, 0.4) is 0 Å². The van der Waals surface area contributed by atoms with Gasteiger partial charge in [0.2, 0.25) is 11.8 Å². The zero-order chi connectivity index (χ0) is 29.5. The maximum absolute atomic E-state index is 13.4. The topological polar surface area (TPSA) is 71.3 Å². The highest BCUT2D eigenvalue weighted by molar-refractivity contribution is 7.99. The van der Waals surface area contributed by atoms with Crippen LogP contribution >= 0.6 is 23.4 Å². The summed E-state index contributed by atoms with van der Waals surface area (Å²) >= 11 is 8.08. The molecule has 1 aliphatic heterocycles. The zero-order valence-electron chi connectivity index (χ0n) is 24.0. The third kappa shape index (κ3) is 6.71. The number of thioether (sulfide) groups is 1. The lowest BCUT2D eigenvalue weighted by atomic mass is 9.94. The summed E-state index contributed by atoms with van der Waals surface area (Å²) in [7, 11) is 0. The number of aromatic nitrogens is 3. The first-order chi connectivity index (χ1) is 20.5. The standard InChI is InChI=1S/C33H36ClN5O2S/c1-3-27(25-13-6-4-7-14-25)32(41)38-21-20-37(23-24(38)2)30(40)19-12-22-42-33-36-35-31(28-17-10-11-18-29(28)34)39(33)26-15-8-5-9-16-26/h4-11,13-18,24,27H,3,12,19-23H2,1-2H3. The van der Waals surface area contributed by atoms with E-state index in [4.69, 9.17) is 11.6 Å². The van der Waals surface area contributed by atoms with Gasteiger partial charge in [-0.05, 0) is 49.6 Å². The van der Waals surface area contributed by atoms with Crippen molar-refractivity contribution in [2.75, 3.05) is 25.4 Å². The molecule has 1 aromatic heterocycles. The number of carbonyl (C=O) groups is 2. The number of halogens is 1. The van der Waals surface area contributed by atoms with E-state index in [2.05, 4.69) is 17.1 Å². The Balaban J connectivity index is 1.17. The first-order valence-corrected chi connectivity index (χ1v) is 15.9. The number of nitrogens with zero attached hydrogens (tertiary/aromatic N) is 5. The maximum Gasteiger partial charge on any atom is 0.230 e. The highest BCUT2D eigenvalue weighted by atomic mass is 35.5. The van der Waals surface area contributed by atoms with Crippen molar-refractivity contribution in [2.24, 2.45) is 0 Å². The molecule has 1 fully saturated rings. The molecule has 0 N–H and O–H groups in total. The van der Waals surface area contributed by atoms with Crippen molar-refractivity contribution >= 4 is 35.2 Å². The van der Waals surface area contributed by atoms with Crippen LogP contribution in [0.5, 0.6) is 0 Å². The van der Waals surface area contributed by atoms with Crippen LogP contribution in [0.15, 0.2) is 90.1 Å². The minimum Gasteiger partial charge on any atom is -0.339 e. The fraction of sp³-hybridized carbons (Fsp3) is 0.333. The lowest BCUT2D eigenvalue weighted by Gasteiger charge is -2.41. The van der Waals surface area contributed by atoms with Crippen molar-refractivity contribution < 1.29 is 9.59 Å². The van der Waals surface area contributed by atoms with Crippen molar-refractivity contribution in [3.05, 3.63) is 95.5 Å². The van der Waals surface area contributed by atoms with E-state index in [1.807, 2.05) is 106 Å². The second kappa shape index (κ2) is 14.0. The Morgan fingerprint density at radius 3 is 2.33 bits per heavy atom. The van der Waals surface area contributed by atoms with Crippen LogP contribution in [-0.4, -0.2) is 67.8 Å². The van der Waals surface area contributed by atoms with Crippen molar-refractivity contribution in [3.63, 3.8) is 0 Å². The van der Waals surface area contributed by atoms with E-state index in [1.54, 1.807) is 11.8 Å². The SMILES string of the molecule is CCC(C(=O)N1CCN(C(=O)CCCSc2nnc(-c3ccccc3Cl)n2-c2ccccc2)CC1C)c1ccccc1. The summed E-state index contributed by atoms with van der Waals surface area (Å²) in [5, 5.41) is 10.3. The van der Waals surface area contributed by atoms with Crippen molar-refractivity contribution in [2.45, 2.75) is 50.2 Å². The van der Waals surface area contributed by atoms with Gasteiger partial charge in [-0.25, -0.2) is 0 Å². The third-order valence-corrected chi connectivity index (χ3v) is 9.05. The number of hydrogen-bond donors (Lipinski definition) is 0. The minimum atomic E-state index is -0.149. The van der Waals surface area contributed by atoms with E-state index < -0.39 is 0 Å². The predicted molar refractivity (Wildman–Crippen MR) is 169 cm³/mol. The predicted octanol–water partition coefficient (Wildman–Crippen LogP) is 6.71. The molecule has 2 atom stereocenters. The van der Waals surface area contributed by atoms with Crippen LogP contribution in [0.2, 0.25) is 5.02 Å². The number of piperazine rings is 1. The summed E-state index contributed by atoms with van der Waals surface area (Å²) < 4.78 is 2.02. The largest absolute Gasteiger partial charge is 0.339 e. The molecule has 5 rings (SSSR count). The van der Waals surface area contributed by atoms with E-state index in [0.717, 1.165) is 34.1 Å². The summed E-state index contributed by atoms with van der Waals surface area (Å²) in [5.74, 6) is 1.54. The highest BCUT2D eigenvalue weighted by Crippen LogP contribution is 2.32. The summed E-state index contributed by atoms with van der Waals surface area (Å²) in [4.78, 5) is 30.4. The van der Waals surface area contributed by atoms with Gasteiger partial charge in [0.15, 0.2) is 11.0 Å². The molecule has 1 saturated heterocycles. The van der Waals surface area contributed by atoms with Crippen LogP contribution in [0, 0.1) is 0 Å². The molecule has 0 aliphatic carbocycles. The Bertz CT molecular complexity index is 1500. The molecule has 2 unspecified atom stereocenters. The van der Waals surface area contributed by atoms with E-state index in [-0.39, 0.29) is 23.8 Å². The third-order valence-electron chi connectivity index (χ3n) is 7.70. The molecule has 42 heavy (non-hydrogen) atoms. The first kappa shape index (κ1) is 29.9. The molecule has 0 radical (unpaired) electrons. The van der Waals surface area contributed by atoms with E-state index in [0.29, 0.717) is 43.3 Å². The van der Waals surface area contributed by atoms with E-state index >= 15 is 0 Å². The molecule has 0 bridgehead atoms. The molecule has 3 aromatic carbocycles. The molecule has 7 nitrogen and oxygen atoms in total. The first-order valence-electron chi connectivity index (χ1n) is 14.5. The number of para-hydroxylation sites is 1. The van der Waals surface area contributed by atoms with Gasteiger partial charge in [0, 0.05) is 49.1 Å². The molecule has 0 saturated carbocycles. The Labute approximate surface area is 256 Å². The smallest absolute Gasteiger partial charge is 0.230 e. The molecule has 4 aromatic rings. The minimum absolute atomic E-state index is 0.0185. The Morgan fingerprint density at radius 2 is 1.64 bits per heavy atom. The number of rotatable bonds is 10. The average Bonchev–Trinajstić information content (AvgIpc) is 3.44. The van der Waals surface area contributed by atoms with Gasteiger partial charge in [-0.2, -0.15) is 0 Å². The van der Waals surface area contributed by atoms with Gasteiger partial charge in [0.1, 0.15) is 0 Å². The number of amides is 2. The average molecular weight is 602 g/mol.